The number of nitrogens with zero attached hydrogens (tertiary/aromatic N) is 5. The maximum absolute atomic E-state index is 5.76. The summed E-state index contributed by atoms with van der Waals surface area (Å²) in [6.07, 6.45) is 12.8. The van der Waals surface area contributed by atoms with Crippen molar-refractivity contribution >= 4 is 24.6 Å². The first-order chi connectivity index (χ1) is 11.3. The lowest BCUT2D eigenvalue weighted by Gasteiger charge is -2.41. The van der Waals surface area contributed by atoms with Crippen molar-refractivity contribution in [2.75, 3.05) is 11.2 Å². The van der Waals surface area contributed by atoms with Crippen molar-refractivity contribution < 1.29 is 0 Å². The Morgan fingerprint density at radius 2 is 1.48 bits per heavy atom. The van der Waals surface area contributed by atoms with Gasteiger partial charge in [0, 0.05) is 12.1 Å². The Morgan fingerprint density at radius 3 is 2.00 bits per heavy atom. The van der Waals surface area contributed by atoms with Gasteiger partial charge in [0.25, 0.3) is 5.95 Å². The standard InChI is InChI=1S/C16H27N7/c1-18-15-19-14(17)20-16(21-15)22-23(12-8-4-2-5-9-12)13-10-6-3-7-11-13/h12-13H,1-11H2,(H3,17,19,20,21,22). The molecule has 2 aliphatic rings. The van der Waals surface area contributed by atoms with Gasteiger partial charge >= 0.3 is 0 Å². The lowest BCUT2D eigenvalue weighted by molar-refractivity contribution is 0.108. The molecule has 0 saturated heterocycles. The highest BCUT2D eigenvalue weighted by molar-refractivity contribution is 5.41. The van der Waals surface area contributed by atoms with Crippen LogP contribution in [0.3, 0.4) is 0 Å². The molecule has 3 rings (SSSR count). The van der Waals surface area contributed by atoms with E-state index in [1.165, 1.54) is 64.2 Å². The lowest BCUT2D eigenvalue weighted by Crippen LogP contribution is -2.49. The fourth-order valence-electron chi connectivity index (χ4n) is 3.82. The highest BCUT2D eigenvalue weighted by atomic mass is 15.6. The van der Waals surface area contributed by atoms with Crippen LogP contribution < -0.4 is 11.2 Å². The Hall–Kier alpha value is -1.76. The summed E-state index contributed by atoms with van der Waals surface area (Å²) in [6.45, 7) is 3.47. The third-order valence-corrected chi connectivity index (χ3v) is 4.95. The van der Waals surface area contributed by atoms with Gasteiger partial charge in [-0.15, -0.1) is 0 Å². The average molecular weight is 317 g/mol. The molecule has 3 N–H and O–H groups in total. The minimum Gasteiger partial charge on any atom is -0.368 e. The van der Waals surface area contributed by atoms with Gasteiger partial charge in [-0.05, 0) is 32.4 Å². The van der Waals surface area contributed by atoms with Gasteiger partial charge in [0.1, 0.15) is 0 Å². The summed E-state index contributed by atoms with van der Waals surface area (Å²) >= 11 is 0. The van der Waals surface area contributed by atoms with Crippen LogP contribution in [0.1, 0.15) is 64.2 Å². The molecule has 0 aliphatic heterocycles. The van der Waals surface area contributed by atoms with Crippen molar-refractivity contribution in [3.8, 4) is 0 Å². The zero-order chi connectivity index (χ0) is 16.1. The second kappa shape index (κ2) is 7.68. The van der Waals surface area contributed by atoms with Crippen molar-refractivity contribution in [2.45, 2.75) is 76.3 Å². The molecule has 126 valence electrons. The Balaban J connectivity index is 1.79. The van der Waals surface area contributed by atoms with E-state index in [1.54, 1.807) is 0 Å². The largest absolute Gasteiger partial charge is 0.368 e. The topological polar surface area (TPSA) is 92.3 Å². The summed E-state index contributed by atoms with van der Waals surface area (Å²) in [5, 5.41) is 2.40. The summed E-state index contributed by atoms with van der Waals surface area (Å²) in [5.74, 6) is 0.931. The van der Waals surface area contributed by atoms with E-state index in [2.05, 4.69) is 37.1 Å². The summed E-state index contributed by atoms with van der Waals surface area (Å²) in [7, 11) is 0. The van der Waals surface area contributed by atoms with Crippen LogP contribution in [0.2, 0.25) is 0 Å². The minimum absolute atomic E-state index is 0.178. The van der Waals surface area contributed by atoms with Gasteiger partial charge in [-0.3, -0.25) is 5.43 Å². The van der Waals surface area contributed by atoms with Crippen LogP contribution in [0, 0.1) is 0 Å². The first kappa shape index (κ1) is 16.1. The molecule has 2 fully saturated rings. The van der Waals surface area contributed by atoms with E-state index in [1.807, 2.05) is 0 Å². The molecule has 0 spiro atoms. The molecule has 23 heavy (non-hydrogen) atoms. The molecule has 1 heterocycles. The maximum atomic E-state index is 5.76. The number of aliphatic imine (C=N–C) groups is 1. The molecule has 0 atom stereocenters. The van der Waals surface area contributed by atoms with E-state index in [9.17, 15) is 0 Å². The number of nitrogens with one attached hydrogen (secondary N) is 1. The molecule has 0 bridgehead atoms. The number of hydrogen-bond acceptors (Lipinski definition) is 7. The molecular formula is C16H27N7. The minimum atomic E-state index is 0.178. The van der Waals surface area contributed by atoms with Crippen LogP contribution in [-0.2, 0) is 0 Å². The molecule has 7 heteroatoms. The van der Waals surface area contributed by atoms with Gasteiger partial charge in [-0.1, -0.05) is 38.5 Å². The fraction of sp³-hybridized carbons (Fsp3) is 0.750. The summed E-state index contributed by atoms with van der Waals surface area (Å²) in [5.41, 5.74) is 9.20. The molecule has 2 saturated carbocycles. The Kier molecular flexibility index (Phi) is 5.38. The number of nitrogens with two attached hydrogens (primary N) is 1. The average Bonchev–Trinajstić information content (AvgIpc) is 2.60. The highest BCUT2D eigenvalue weighted by Crippen LogP contribution is 2.30. The molecule has 1 aromatic heterocycles. The van der Waals surface area contributed by atoms with Crippen LogP contribution in [-0.4, -0.2) is 38.8 Å². The van der Waals surface area contributed by atoms with Crippen molar-refractivity contribution in [2.24, 2.45) is 4.99 Å². The quantitative estimate of drug-likeness (QED) is 0.640. The van der Waals surface area contributed by atoms with E-state index < -0.39 is 0 Å². The third kappa shape index (κ3) is 4.16. The molecule has 0 radical (unpaired) electrons. The first-order valence-corrected chi connectivity index (χ1v) is 8.79. The summed E-state index contributed by atoms with van der Waals surface area (Å²) in [4.78, 5) is 16.2. The third-order valence-electron chi connectivity index (χ3n) is 4.95. The van der Waals surface area contributed by atoms with Crippen LogP contribution in [0.5, 0.6) is 0 Å². The zero-order valence-corrected chi connectivity index (χ0v) is 13.7. The molecule has 7 nitrogen and oxygen atoms in total. The lowest BCUT2D eigenvalue weighted by atomic mass is 9.90. The van der Waals surface area contributed by atoms with E-state index >= 15 is 0 Å². The van der Waals surface area contributed by atoms with Crippen molar-refractivity contribution in [3.05, 3.63) is 0 Å². The van der Waals surface area contributed by atoms with Crippen molar-refractivity contribution in [1.29, 1.82) is 0 Å². The molecule has 1 aromatic rings. The fourth-order valence-corrected chi connectivity index (χ4v) is 3.82. The highest BCUT2D eigenvalue weighted by Gasteiger charge is 2.29. The molecule has 0 amide bonds. The van der Waals surface area contributed by atoms with Gasteiger partial charge in [0.2, 0.25) is 11.9 Å². The predicted molar refractivity (Wildman–Crippen MR) is 92.7 cm³/mol. The normalized spacial score (nSPS) is 20.6. The molecular weight excluding hydrogens is 290 g/mol. The van der Waals surface area contributed by atoms with Gasteiger partial charge in [0.15, 0.2) is 0 Å². The smallest absolute Gasteiger partial charge is 0.255 e. The van der Waals surface area contributed by atoms with Crippen LogP contribution in [0.25, 0.3) is 0 Å². The predicted octanol–water partition coefficient (Wildman–Crippen LogP) is 3.08. The molecule has 2 aliphatic carbocycles. The number of aromatic nitrogens is 3. The maximum Gasteiger partial charge on any atom is 0.255 e. The second-order valence-corrected chi connectivity index (χ2v) is 6.58. The van der Waals surface area contributed by atoms with Gasteiger partial charge in [0.05, 0.1) is 0 Å². The van der Waals surface area contributed by atoms with Crippen LogP contribution in [0.4, 0.5) is 17.8 Å². The van der Waals surface area contributed by atoms with E-state index in [4.69, 9.17) is 5.73 Å². The van der Waals surface area contributed by atoms with E-state index in [-0.39, 0.29) is 11.9 Å². The molecule has 0 aromatic carbocycles. The number of rotatable bonds is 5. The summed E-state index contributed by atoms with van der Waals surface area (Å²) in [6, 6.07) is 1.09. The van der Waals surface area contributed by atoms with Crippen LogP contribution in [0.15, 0.2) is 4.99 Å². The number of anilines is 2. The zero-order valence-electron chi connectivity index (χ0n) is 13.7. The van der Waals surface area contributed by atoms with Crippen LogP contribution >= 0.6 is 0 Å². The van der Waals surface area contributed by atoms with Gasteiger partial charge < -0.3 is 5.73 Å². The monoisotopic (exact) mass is 317 g/mol. The SMILES string of the molecule is C=Nc1nc(N)nc(NN(C2CCCCC2)C2CCCCC2)n1. The van der Waals surface area contributed by atoms with Gasteiger partial charge in [-0.2, -0.15) is 15.0 Å². The van der Waals surface area contributed by atoms with Crippen molar-refractivity contribution in [1.82, 2.24) is 20.0 Å². The molecule has 0 unspecified atom stereocenters. The van der Waals surface area contributed by atoms with Gasteiger partial charge in [-0.25, -0.2) is 10.0 Å². The Bertz CT molecular complexity index is 503. The number of hydrazine groups is 1. The van der Waals surface area contributed by atoms with E-state index in [0.29, 0.717) is 18.0 Å². The Labute approximate surface area is 137 Å². The second-order valence-electron chi connectivity index (χ2n) is 6.58. The number of nitrogen functional groups attached to an aromatic ring is 1. The Morgan fingerprint density at radius 1 is 0.913 bits per heavy atom. The first-order valence-electron chi connectivity index (χ1n) is 8.79. The van der Waals surface area contributed by atoms with E-state index in [0.717, 1.165) is 0 Å². The summed E-state index contributed by atoms with van der Waals surface area (Å²) < 4.78 is 0. The van der Waals surface area contributed by atoms with Crippen molar-refractivity contribution in [3.63, 3.8) is 0 Å². The number of hydrogen-bond donors (Lipinski definition) is 2.